The highest BCUT2D eigenvalue weighted by molar-refractivity contribution is 7.89. The van der Waals surface area contributed by atoms with Crippen molar-refractivity contribution in [2.24, 2.45) is 10.6 Å². The predicted molar refractivity (Wildman–Crippen MR) is 420 cm³/mol. The Bertz CT molecular complexity index is 3180. The van der Waals surface area contributed by atoms with Crippen LogP contribution in [-0.4, -0.2) is 355 Å². The zero-order chi connectivity index (χ0) is 94.7. The largest absolute Gasteiger partial charge is 0.481 e. The van der Waals surface area contributed by atoms with E-state index in [0.717, 1.165) is 5.56 Å². The van der Waals surface area contributed by atoms with Crippen molar-refractivity contribution in [1.29, 1.82) is 0 Å². The van der Waals surface area contributed by atoms with Gasteiger partial charge >= 0.3 is 47.9 Å². The molecule has 0 saturated carbocycles. The summed E-state index contributed by atoms with van der Waals surface area (Å²) in [5.74, 6) is -9.50. The predicted octanol–water partition coefficient (Wildman–Crippen LogP) is -5.73. The van der Waals surface area contributed by atoms with Crippen molar-refractivity contribution in [3.63, 3.8) is 0 Å². The number of carbonyl (C=O) groups is 15. The van der Waals surface area contributed by atoms with Crippen molar-refractivity contribution in [3.05, 3.63) is 29.8 Å². The van der Waals surface area contributed by atoms with Crippen LogP contribution in [0.5, 0.6) is 0 Å². The summed E-state index contributed by atoms with van der Waals surface area (Å²) in [6.45, 7) is 2.54. The van der Waals surface area contributed by atoms with Gasteiger partial charge in [0.25, 0.3) is 0 Å². The van der Waals surface area contributed by atoms with Crippen LogP contribution in [0, 0.1) is 5.41 Å². The zero-order valence-corrected chi connectivity index (χ0v) is 69.1. The first kappa shape index (κ1) is 125. The number of alkyl carbamates (subject to hydrolysis) is 1. The molecule has 0 fully saturated rings. The van der Waals surface area contributed by atoms with Crippen LogP contribution in [0.25, 0.3) is 0 Å². The first-order valence-electron chi connectivity index (χ1n) is 37.9. The summed E-state index contributed by atoms with van der Waals surface area (Å²) < 4.78 is 26.8. The topological polar surface area (TPSA) is 851 Å². The fourth-order valence-corrected chi connectivity index (χ4v) is 8.68. The van der Waals surface area contributed by atoms with E-state index in [1.165, 1.54) is 32.9 Å². The number of hydrogen-bond donors (Lipinski definition) is 29. The van der Waals surface area contributed by atoms with Crippen molar-refractivity contribution in [1.82, 2.24) is 26.6 Å². The number of sulfonamides is 1. The Balaban J connectivity index is -0.000000247. The molecular formula is C73H130N6O41S. The van der Waals surface area contributed by atoms with Crippen LogP contribution in [0.4, 0.5) is 4.79 Å². The van der Waals surface area contributed by atoms with Crippen molar-refractivity contribution in [2.45, 2.75) is 241 Å². The molecule has 7 unspecified atom stereocenters. The van der Waals surface area contributed by atoms with E-state index in [2.05, 4.69) is 26.6 Å². The number of rotatable bonds is 58. The van der Waals surface area contributed by atoms with E-state index >= 15 is 0 Å². The number of aliphatic hydroxyl groups excluding tert-OH is 15. The maximum atomic E-state index is 11.3. The van der Waals surface area contributed by atoms with Gasteiger partial charge in [-0.15, -0.1) is 0 Å². The van der Waals surface area contributed by atoms with Gasteiger partial charge in [0.2, 0.25) is 33.7 Å². The standard InChI is InChI=1S/C12H18N2O6S.2C10H18O5.2C9H17NO5.C8H15NO5.C8H14O5.C7H13NO5/c13-21(18,19)11-3-1-9(2-4-11)5-6-14-12(17)20-10(7-15)8-16;1-10(15,5-6-11)7-8(12)3-2-4-9(13)14;11-6-2-4-9(13)7-8(12)3-1-5-10(14)15;1-9(2,5-11)7(14)8(15)10-4-3-6(12)13;11-6-4-7(12)1-2-8(13)10-5-3-9(14)15;10-5-1-2-6(11)8(14)9-4-3-7(12)13;9-5-7(11)4-6(10)2-1-3-8(12)13;9-4-2-5(10)7(13)8-3-1-6(11)12/h1-4,10,15-16H,5-8H2,(H,14,17)(H2,13,18,19);11,15H,2-7H2,1H3,(H,13,14);9,11,13H,1-7H2,(H,14,15);7,11,14H,3-5H2,1-2H3,(H,10,15)(H,12,13);7,11-12H,1-6H2,(H,10,13)(H,14,15);6,10-11H,1-5H2,(H,9,14)(H,12,13);7,9,11H,1-5H2,(H,12,13);5,9-10H,1-4H2,(H,8,13)(H,11,12). The molecule has 0 heterocycles. The van der Waals surface area contributed by atoms with E-state index in [4.69, 9.17) is 107 Å². The number of carboxylic acids is 7. The van der Waals surface area contributed by atoms with Crippen LogP contribution < -0.4 is 31.7 Å². The molecule has 0 saturated heterocycles. The second-order valence-electron chi connectivity index (χ2n) is 27.0. The van der Waals surface area contributed by atoms with E-state index in [9.17, 15) is 101 Å². The Morgan fingerprint density at radius 3 is 1.17 bits per heavy atom. The van der Waals surface area contributed by atoms with Crippen molar-refractivity contribution in [3.8, 4) is 0 Å². The summed E-state index contributed by atoms with van der Waals surface area (Å²) in [4.78, 5) is 160. The Kier molecular flexibility index (Phi) is 80.9. The molecule has 1 rings (SSSR count). The van der Waals surface area contributed by atoms with Gasteiger partial charge in [-0.05, 0) is 95.2 Å². The minimum Gasteiger partial charge on any atom is -0.481 e. The van der Waals surface area contributed by atoms with E-state index < -0.39 is 149 Å². The lowest BCUT2D eigenvalue weighted by atomic mass is 9.87. The Labute approximate surface area is 699 Å². The maximum absolute atomic E-state index is 11.3. The molecule has 0 aliphatic carbocycles. The number of Topliss-reactive ketones (excluding diaryl/α,β-unsaturated/α-hetero) is 3. The Morgan fingerprint density at radius 1 is 0.405 bits per heavy atom. The molecule has 121 heavy (non-hydrogen) atoms. The molecule has 48 heteroatoms. The summed E-state index contributed by atoms with van der Waals surface area (Å²) in [5.41, 5.74) is -1.31. The lowest BCUT2D eigenvalue weighted by molar-refractivity contribution is -0.140. The highest BCUT2D eigenvalue weighted by Gasteiger charge is 2.33. The third-order valence-electron chi connectivity index (χ3n) is 15.0. The van der Waals surface area contributed by atoms with Gasteiger partial charge in [-0.3, -0.25) is 67.1 Å². The van der Waals surface area contributed by atoms with Crippen molar-refractivity contribution >= 4 is 98.9 Å². The number of amides is 5. The molecule has 0 bridgehead atoms. The average Bonchev–Trinajstić information content (AvgIpc) is 0.869. The minimum atomic E-state index is -3.71. The molecular weight excluding hydrogens is 1650 g/mol. The molecule has 30 N–H and O–H groups in total. The molecule has 1 aromatic carbocycles. The fourth-order valence-electron chi connectivity index (χ4n) is 8.16. The average molecular weight is 1780 g/mol. The van der Waals surface area contributed by atoms with E-state index in [0.29, 0.717) is 38.5 Å². The van der Waals surface area contributed by atoms with Gasteiger partial charge in [-0.1, -0.05) is 26.0 Å². The number of aliphatic carboxylic acids is 7. The number of carbonyl (C=O) groups excluding carboxylic acids is 8. The first-order chi connectivity index (χ1) is 56.4. The lowest BCUT2D eigenvalue weighted by Gasteiger charge is -2.26. The van der Waals surface area contributed by atoms with Crippen LogP contribution in [0.2, 0.25) is 0 Å². The quantitative estimate of drug-likeness (QED) is 0.0289. The van der Waals surface area contributed by atoms with Crippen LogP contribution in [0.15, 0.2) is 29.2 Å². The number of ether oxygens (including phenoxy) is 1. The molecule has 47 nitrogen and oxygen atoms in total. The molecule has 0 spiro atoms. The van der Waals surface area contributed by atoms with Gasteiger partial charge in [-0.2, -0.15) is 0 Å². The van der Waals surface area contributed by atoms with Gasteiger partial charge in [0, 0.05) is 142 Å². The minimum absolute atomic E-state index is 0.00423. The zero-order valence-electron chi connectivity index (χ0n) is 68.3. The molecule has 0 aromatic heterocycles. The number of benzene rings is 1. The lowest BCUT2D eigenvalue weighted by Crippen LogP contribution is -2.45. The van der Waals surface area contributed by atoms with Crippen LogP contribution in [0.1, 0.15) is 187 Å². The molecule has 7 atom stereocenters. The highest BCUT2D eigenvalue weighted by atomic mass is 32.2. The summed E-state index contributed by atoms with van der Waals surface area (Å²) in [6, 6.07) is 5.96. The number of carboxylic acid groups (broad SMARTS) is 7. The Morgan fingerprint density at radius 2 is 0.793 bits per heavy atom. The third kappa shape index (κ3) is 88.5. The fraction of sp³-hybridized carbons (Fsp3) is 0.712. The second-order valence-corrected chi connectivity index (χ2v) is 28.6. The van der Waals surface area contributed by atoms with E-state index in [-0.39, 0.29) is 229 Å². The number of hydrogen-bond acceptors (Lipinski definition) is 34. The molecule has 0 radical (unpaired) electrons. The van der Waals surface area contributed by atoms with Gasteiger partial charge < -0.3 is 149 Å². The second kappa shape index (κ2) is 78.2. The number of nitrogens with two attached hydrogens (primary N) is 1. The normalized spacial score (nSPS) is 12.5. The molecule has 0 aliphatic heterocycles. The van der Waals surface area contributed by atoms with Crippen molar-refractivity contribution in [2.75, 3.05) is 92.2 Å². The Hall–Kier alpha value is -9.06. The van der Waals surface area contributed by atoms with Gasteiger partial charge in [0.05, 0.1) is 80.9 Å². The maximum Gasteiger partial charge on any atom is 0.407 e. The van der Waals surface area contributed by atoms with Gasteiger partial charge in [0.1, 0.15) is 41.8 Å². The molecule has 1 aromatic rings. The van der Waals surface area contributed by atoms with E-state index in [1.807, 2.05) is 0 Å². The summed E-state index contributed by atoms with van der Waals surface area (Å²) in [5, 5.41) is 216. The first-order valence-corrected chi connectivity index (χ1v) is 39.4. The summed E-state index contributed by atoms with van der Waals surface area (Å²) >= 11 is 0. The SMILES string of the molecule is CC(C)(CO)C(O)C(=O)NCCC(=O)O.CC(O)(CCO)CC(=O)CCCC(=O)O.NS(=O)(=O)c1ccc(CCNC(=O)OC(CO)CO)cc1.O=C(O)CCCC(=O)CC(O)CCCO.O=C(O)CCCC(=O)CC(O)CO.O=C(O)CCNC(=O)C(O)CCCO.O=C(O)CCNC(=O)C(O)CCO.O=C(O)CCNC(=O)CCC(O)CCO. The smallest absolute Gasteiger partial charge is 0.407 e. The highest BCUT2D eigenvalue weighted by Crippen LogP contribution is 2.20. The number of primary sulfonamides is 1. The summed E-state index contributed by atoms with van der Waals surface area (Å²) in [7, 11) is -3.71. The molecule has 5 amide bonds. The van der Waals surface area contributed by atoms with Crippen LogP contribution in [0.3, 0.4) is 0 Å². The number of nitrogens with one attached hydrogen (secondary N) is 5. The number of ketones is 3. The van der Waals surface area contributed by atoms with E-state index in [1.54, 1.807) is 12.1 Å². The monoisotopic (exact) mass is 1780 g/mol. The molecule has 704 valence electrons. The number of aliphatic hydroxyl groups is 16. The van der Waals surface area contributed by atoms with Crippen molar-refractivity contribution < 1.29 is 203 Å². The summed E-state index contributed by atoms with van der Waals surface area (Å²) in [6.07, 6.45) is -4.68. The van der Waals surface area contributed by atoms with Crippen LogP contribution in [-0.2, 0) is 88.3 Å². The molecule has 0 aliphatic rings. The van der Waals surface area contributed by atoms with Gasteiger partial charge in [0.15, 0.2) is 0 Å². The van der Waals surface area contributed by atoms with Gasteiger partial charge in [-0.25, -0.2) is 18.4 Å². The van der Waals surface area contributed by atoms with Crippen LogP contribution >= 0.6 is 0 Å². The third-order valence-corrected chi connectivity index (χ3v) is 15.9.